The Morgan fingerprint density at radius 1 is 0.577 bits per heavy atom. The smallest absolute Gasteiger partial charge is 0.172 e. The van der Waals surface area contributed by atoms with Gasteiger partial charge in [-0.2, -0.15) is 35.9 Å². The van der Waals surface area contributed by atoms with Gasteiger partial charge in [0.1, 0.15) is 0 Å². The van der Waals surface area contributed by atoms with E-state index in [2.05, 4.69) is 107 Å². The minimum Gasteiger partial charge on any atom is -1.00 e. The summed E-state index contributed by atoms with van der Waals surface area (Å²) in [6.07, 6.45) is -8.53. The molecule has 0 amide bonds. The van der Waals surface area contributed by atoms with E-state index in [1.54, 1.807) is 0 Å². The number of fused-ring (bicyclic) bond motifs is 3. The van der Waals surface area contributed by atoms with Crippen molar-refractivity contribution >= 4 is 3.71 Å². The number of benzene rings is 3. The van der Waals surface area contributed by atoms with E-state index in [0.29, 0.717) is 12.1 Å². The molecule has 4 aromatic rings. The standard InChI is InChI=1S/C29H41.C9H4F6.C5H5.2ClH.Zr/c1-26(2,3)22-14-18-13-19-15-23(27(4,5)6)25(29(10,11)12)17-21(19)20(18)16-24(22)28(7,8)9;1-5-2-6(8(10,11)12)4-7(3-5)9(13,14)15;1-2-4-5-3-1;;;/h14,16-17H,13H2,1-12H3;1-4H;1-5H;2*1H;/q-1;;-1;;;+2/p-2. The van der Waals surface area contributed by atoms with Crippen molar-refractivity contribution in [3.63, 3.8) is 0 Å². The van der Waals surface area contributed by atoms with E-state index >= 15 is 0 Å². The Hall–Kier alpha value is -2.08. The summed E-state index contributed by atoms with van der Waals surface area (Å²) in [4.78, 5) is 0. The molecule has 9 heteroatoms. The minimum absolute atomic E-state index is 0. The molecule has 0 saturated heterocycles. The summed E-state index contributed by atoms with van der Waals surface area (Å²) < 4.78 is 75.1. The number of hydrogen-bond donors (Lipinski definition) is 0. The van der Waals surface area contributed by atoms with Crippen LogP contribution in [0.3, 0.4) is 0 Å². The molecule has 52 heavy (non-hydrogen) atoms. The normalized spacial score (nSPS) is 12.9. The Morgan fingerprint density at radius 2 is 1.00 bits per heavy atom. The molecule has 5 rings (SSSR count). The average Bonchev–Trinajstić information content (AvgIpc) is 3.65. The maximum absolute atomic E-state index is 12.3. The second-order valence-corrected chi connectivity index (χ2v) is 17.8. The molecule has 0 radical (unpaired) electrons. The average molecular weight is 843 g/mol. The molecule has 0 unspecified atom stereocenters. The summed E-state index contributed by atoms with van der Waals surface area (Å²) in [5, 5.41) is 0. The molecule has 0 saturated carbocycles. The third-order valence-electron chi connectivity index (χ3n) is 8.57. The van der Waals surface area contributed by atoms with Crippen molar-refractivity contribution < 1.29 is 75.4 Å². The molecule has 1 aliphatic carbocycles. The van der Waals surface area contributed by atoms with Crippen LogP contribution in [0.1, 0.15) is 133 Å². The van der Waals surface area contributed by atoms with Crippen LogP contribution in [0.25, 0.3) is 11.1 Å². The van der Waals surface area contributed by atoms with Crippen LogP contribution in [0, 0.1) is 6.07 Å². The van der Waals surface area contributed by atoms with Crippen molar-refractivity contribution in [1.82, 2.24) is 0 Å². The van der Waals surface area contributed by atoms with Gasteiger partial charge >= 0.3 is 102 Å². The van der Waals surface area contributed by atoms with Crippen molar-refractivity contribution in [3.8, 4) is 11.1 Å². The second-order valence-electron chi connectivity index (χ2n) is 17.1. The molecule has 0 heterocycles. The van der Waals surface area contributed by atoms with Crippen LogP contribution in [0.2, 0.25) is 0 Å². The predicted octanol–water partition coefficient (Wildman–Crippen LogP) is 7.08. The van der Waals surface area contributed by atoms with Gasteiger partial charge < -0.3 is 24.8 Å². The first-order chi connectivity index (χ1) is 22.5. The van der Waals surface area contributed by atoms with Crippen LogP contribution in [0.5, 0.6) is 0 Å². The molecule has 0 spiro atoms. The molecule has 0 aromatic heterocycles. The first-order valence-corrected chi connectivity index (χ1v) is 18.2. The third kappa shape index (κ3) is 12.2. The van der Waals surface area contributed by atoms with E-state index in [9.17, 15) is 26.3 Å². The van der Waals surface area contributed by atoms with Gasteiger partial charge in [-0.3, -0.25) is 0 Å². The maximum atomic E-state index is 12.3. The van der Waals surface area contributed by atoms with E-state index in [-0.39, 0.29) is 58.1 Å². The van der Waals surface area contributed by atoms with E-state index < -0.39 is 23.5 Å². The van der Waals surface area contributed by atoms with Gasteiger partial charge in [0.25, 0.3) is 0 Å². The largest absolute Gasteiger partial charge is 1.00 e. The van der Waals surface area contributed by atoms with Gasteiger partial charge in [-0.25, -0.2) is 12.1 Å². The Kier molecular flexibility index (Phi) is 15.8. The van der Waals surface area contributed by atoms with Crippen molar-refractivity contribution in [1.29, 1.82) is 0 Å². The van der Waals surface area contributed by atoms with Gasteiger partial charge in [-0.1, -0.05) is 106 Å². The van der Waals surface area contributed by atoms with Crippen LogP contribution >= 0.6 is 0 Å². The zero-order valence-electron chi connectivity index (χ0n) is 32.2. The van der Waals surface area contributed by atoms with Gasteiger partial charge in [0.15, 0.2) is 0 Å². The van der Waals surface area contributed by atoms with Crippen LogP contribution in [-0.2, 0) is 64.7 Å². The van der Waals surface area contributed by atoms with Crippen LogP contribution < -0.4 is 24.8 Å². The number of rotatable bonds is 1. The number of hydrogen-bond acceptors (Lipinski definition) is 0. The fourth-order valence-electron chi connectivity index (χ4n) is 6.01. The number of alkyl halides is 6. The Morgan fingerprint density at radius 3 is 1.35 bits per heavy atom. The van der Waals surface area contributed by atoms with E-state index in [1.807, 2.05) is 30.3 Å². The fourth-order valence-corrected chi connectivity index (χ4v) is 6.42. The predicted molar refractivity (Wildman–Crippen MR) is 192 cm³/mol. The first kappa shape index (κ1) is 47.9. The summed E-state index contributed by atoms with van der Waals surface area (Å²) in [7, 11) is 0. The summed E-state index contributed by atoms with van der Waals surface area (Å²) in [5.41, 5.74) is 9.32. The van der Waals surface area contributed by atoms with Crippen molar-refractivity contribution in [2.24, 2.45) is 0 Å². The Bertz CT molecular complexity index is 1660. The van der Waals surface area contributed by atoms with Crippen molar-refractivity contribution in [2.45, 2.75) is 124 Å². The molecular weight excluding hydrogens is 793 g/mol. The quantitative estimate of drug-likeness (QED) is 0.125. The van der Waals surface area contributed by atoms with Crippen molar-refractivity contribution in [2.75, 3.05) is 0 Å². The topological polar surface area (TPSA) is 0 Å². The maximum Gasteiger partial charge on any atom is -0.172 e. The molecule has 0 atom stereocenters. The zero-order chi connectivity index (χ0) is 38.3. The summed E-state index contributed by atoms with van der Waals surface area (Å²) >= 11 is 0.733. The van der Waals surface area contributed by atoms with Gasteiger partial charge in [0.2, 0.25) is 0 Å². The van der Waals surface area contributed by atoms with Crippen LogP contribution in [-0.4, -0.2) is 3.71 Å². The van der Waals surface area contributed by atoms with Crippen LogP contribution in [0.15, 0.2) is 66.7 Å². The number of halogens is 8. The molecule has 0 bridgehead atoms. The minimum atomic E-state index is -4.77. The Balaban J connectivity index is 0.000000494. The summed E-state index contributed by atoms with van der Waals surface area (Å²) in [5.74, 6) is 0. The van der Waals surface area contributed by atoms with E-state index in [4.69, 9.17) is 0 Å². The second kappa shape index (κ2) is 17.2. The van der Waals surface area contributed by atoms with E-state index in [0.717, 1.165) is 30.7 Å². The molecule has 4 aromatic carbocycles. The monoisotopic (exact) mass is 840 g/mol. The van der Waals surface area contributed by atoms with Gasteiger partial charge in [-0.05, 0) is 39.4 Å². The van der Waals surface area contributed by atoms with Crippen LogP contribution in [0.4, 0.5) is 26.3 Å². The van der Waals surface area contributed by atoms with Gasteiger partial charge in [0, 0.05) is 0 Å². The Labute approximate surface area is 334 Å². The van der Waals surface area contributed by atoms with Gasteiger partial charge in [0.05, 0.1) is 0 Å². The summed E-state index contributed by atoms with van der Waals surface area (Å²) in [6.45, 7) is 28.0. The molecule has 284 valence electrons. The fraction of sp³-hybridized carbons (Fsp3) is 0.442. The van der Waals surface area contributed by atoms with E-state index in [1.165, 1.54) is 48.2 Å². The summed E-state index contributed by atoms with van der Waals surface area (Å²) in [6, 6.07) is 22.9. The molecule has 0 aliphatic heterocycles. The first-order valence-electron chi connectivity index (χ1n) is 16.8. The molecule has 0 nitrogen and oxygen atoms in total. The zero-order valence-corrected chi connectivity index (χ0v) is 36.1. The molecule has 0 N–H and O–H groups in total. The molecule has 1 aliphatic rings. The SMILES string of the molecule is CC(C)(C)c1[c-]c2c(cc1C(C)(C)C)-c1cc(C(C)(C)C)c(C(C)(C)C)cc1C2.FC(F)(F)c1cc([CH]=[Zr+2])cc(C(F)(F)F)c1.[Cl-].[Cl-].c1cc[cH-]c1. The molecular formula is C43H50Cl2F6Zr-2. The third-order valence-corrected chi connectivity index (χ3v) is 9.39. The van der Waals surface area contributed by atoms with Crippen molar-refractivity contribution in [3.05, 3.63) is 123 Å². The van der Waals surface area contributed by atoms with Gasteiger partial charge in [-0.15, -0.1) is 16.7 Å². The molecule has 0 fully saturated rings.